The van der Waals surface area contributed by atoms with E-state index in [4.69, 9.17) is 39.5 Å². The van der Waals surface area contributed by atoms with Gasteiger partial charge in [-0.05, 0) is 61.0 Å². The summed E-state index contributed by atoms with van der Waals surface area (Å²) < 4.78 is 4.77. The summed E-state index contributed by atoms with van der Waals surface area (Å²) in [6.45, 7) is 1.85. The summed E-state index contributed by atoms with van der Waals surface area (Å²) in [5.74, 6) is -2.24. The van der Waals surface area contributed by atoms with Gasteiger partial charge in [-0.1, -0.05) is 64.8 Å². The molecule has 0 spiro atoms. The van der Waals surface area contributed by atoms with Crippen LogP contribution in [0.25, 0.3) is 0 Å². The molecule has 1 heterocycles. The number of nitrogens with zero attached hydrogens (tertiary/aromatic N) is 1. The van der Waals surface area contributed by atoms with E-state index in [2.05, 4.69) is 5.32 Å². The van der Waals surface area contributed by atoms with Crippen molar-refractivity contribution in [3.63, 3.8) is 0 Å². The lowest BCUT2D eigenvalue weighted by Gasteiger charge is -2.27. The molecule has 200 valence electrons. The molecule has 2 amide bonds. The first kappa shape index (κ1) is 28.6. The first-order valence-electron chi connectivity index (χ1n) is 11.6. The van der Waals surface area contributed by atoms with Gasteiger partial charge in [0.15, 0.2) is 5.76 Å². The van der Waals surface area contributed by atoms with Crippen LogP contribution in [-0.2, 0) is 19.1 Å². The number of hydrogen-bond acceptors (Lipinski definition) is 6. The number of thioether (sulfide) groups is 1. The molecule has 3 aromatic carbocycles. The molecule has 1 unspecified atom stereocenters. The van der Waals surface area contributed by atoms with E-state index in [9.17, 15) is 19.5 Å². The average molecular weight is 604 g/mol. The van der Waals surface area contributed by atoms with Crippen molar-refractivity contribution < 1.29 is 24.2 Å². The van der Waals surface area contributed by atoms with Crippen LogP contribution >= 0.6 is 46.6 Å². The van der Waals surface area contributed by atoms with Gasteiger partial charge >= 0.3 is 5.97 Å². The van der Waals surface area contributed by atoms with Crippen molar-refractivity contribution in [2.24, 2.45) is 0 Å². The van der Waals surface area contributed by atoms with E-state index in [0.717, 1.165) is 23.9 Å². The van der Waals surface area contributed by atoms with Crippen LogP contribution in [0.1, 0.15) is 18.5 Å². The largest absolute Gasteiger partial charge is 0.502 e. The van der Waals surface area contributed by atoms with Crippen molar-refractivity contribution in [1.29, 1.82) is 0 Å². The minimum atomic E-state index is -0.681. The third kappa shape index (κ3) is 6.78. The smallest absolute Gasteiger partial charge is 0.330 e. The first-order chi connectivity index (χ1) is 18.7. The van der Waals surface area contributed by atoms with E-state index in [1.54, 1.807) is 73.7 Å². The summed E-state index contributed by atoms with van der Waals surface area (Å²) in [5, 5.41) is 14.8. The Balaban J connectivity index is 1.66. The fourth-order valence-electron chi connectivity index (χ4n) is 3.82. The Hall–Kier alpha value is -3.43. The summed E-state index contributed by atoms with van der Waals surface area (Å²) in [4.78, 5) is 39.6. The SMILES string of the molecule is CCOC(=O)/C=C/C(=O)Nc1cc(SC2=C(O)C(=O)N(c3cccc(Cl)c3)C2c2ccc(Cl)cc2)ccc1Cl. The summed E-state index contributed by atoms with van der Waals surface area (Å²) in [5.41, 5.74) is 1.50. The van der Waals surface area contributed by atoms with Crippen LogP contribution in [0.5, 0.6) is 0 Å². The van der Waals surface area contributed by atoms with Gasteiger partial charge in [0.25, 0.3) is 5.91 Å². The van der Waals surface area contributed by atoms with Gasteiger partial charge in [0.2, 0.25) is 5.91 Å². The lowest BCUT2D eigenvalue weighted by Crippen LogP contribution is -2.30. The zero-order valence-electron chi connectivity index (χ0n) is 20.4. The maximum Gasteiger partial charge on any atom is 0.330 e. The molecular weight excluding hydrogens is 583 g/mol. The van der Waals surface area contributed by atoms with Gasteiger partial charge in [0.05, 0.1) is 28.3 Å². The second-order valence-electron chi connectivity index (χ2n) is 8.14. The Morgan fingerprint density at radius 1 is 1.03 bits per heavy atom. The average Bonchev–Trinajstić information content (AvgIpc) is 3.15. The van der Waals surface area contributed by atoms with Crippen LogP contribution in [0.15, 0.2) is 94.4 Å². The zero-order chi connectivity index (χ0) is 28.1. The standard InChI is InChI=1S/C28H21Cl3N2O5S/c1-2-38-24(35)13-12-23(34)32-22-15-20(10-11-21(22)31)39-27-25(16-6-8-17(29)9-7-16)33(28(37)26(27)36)19-5-3-4-18(30)14-19/h3-15,25,36H,2H2,1H3,(H,32,34)/b13-12+. The number of amides is 2. The van der Waals surface area contributed by atoms with Crippen molar-refractivity contribution in [3.8, 4) is 0 Å². The van der Waals surface area contributed by atoms with Crippen LogP contribution < -0.4 is 10.2 Å². The van der Waals surface area contributed by atoms with Gasteiger partial charge in [-0.25, -0.2) is 4.79 Å². The van der Waals surface area contributed by atoms with Gasteiger partial charge in [0.1, 0.15) is 0 Å². The topological polar surface area (TPSA) is 95.9 Å². The number of ether oxygens (including phenoxy) is 1. The monoisotopic (exact) mass is 602 g/mol. The molecule has 7 nitrogen and oxygen atoms in total. The van der Waals surface area contributed by atoms with Gasteiger partial charge in [-0.15, -0.1) is 0 Å². The van der Waals surface area contributed by atoms with Crippen molar-refractivity contribution in [2.45, 2.75) is 17.9 Å². The summed E-state index contributed by atoms with van der Waals surface area (Å²) >= 11 is 19.7. The van der Waals surface area contributed by atoms with E-state index in [0.29, 0.717) is 31.1 Å². The molecule has 39 heavy (non-hydrogen) atoms. The Morgan fingerprint density at radius 2 is 1.77 bits per heavy atom. The van der Waals surface area contributed by atoms with Crippen molar-refractivity contribution in [2.75, 3.05) is 16.8 Å². The highest BCUT2D eigenvalue weighted by Gasteiger charge is 2.42. The van der Waals surface area contributed by atoms with E-state index in [1.165, 1.54) is 4.90 Å². The number of carbonyl (C=O) groups is 3. The molecule has 2 N–H and O–H groups in total. The molecule has 1 aliphatic heterocycles. The second kappa shape index (κ2) is 12.6. The Kier molecular flexibility index (Phi) is 9.24. The highest BCUT2D eigenvalue weighted by molar-refractivity contribution is 8.03. The number of halogens is 3. The molecule has 0 aromatic heterocycles. The Bertz CT molecular complexity index is 1490. The lowest BCUT2D eigenvalue weighted by molar-refractivity contribution is -0.137. The van der Waals surface area contributed by atoms with Crippen molar-refractivity contribution in [1.82, 2.24) is 0 Å². The molecule has 0 fully saturated rings. The van der Waals surface area contributed by atoms with Crippen LogP contribution in [-0.4, -0.2) is 29.5 Å². The third-order valence-electron chi connectivity index (χ3n) is 5.51. The molecule has 0 saturated carbocycles. The molecule has 0 bridgehead atoms. The molecular formula is C28H21Cl3N2O5S. The van der Waals surface area contributed by atoms with E-state index in [1.807, 2.05) is 0 Å². The number of hydrogen-bond donors (Lipinski definition) is 2. The lowest BCUT2D eigenvalue weighted by atomic mass is 10.1. The molecule has 0 radical (unpaired) electrons. The van der Waals surface area contributed by atoms with E-state index < -0.39 is 29.6 Å². The Labute approximate surface area is 244 Å². The molecule has 1 atom stereocenters. The molecule has 0 saturated heterocycles. The highest BCUT2D eigenvalue weighted by atomic mass is 35.5. The molecule has 4 rings (SSSR count). The van der Waals surface area contributed by atoms with E-state index >= 15 is 0 Å². The number of aliphatic hydroxyl groups is 1. The summed E-state index contributed by atoms with van der Waals surface area (Å²) in [6, 6.07) is 17.9. The number of anilines is 2. The van der Waals surface area contributed by atoms with Gasteiger partial charge in [0, 0.05) is 32.8 Å². The predicted octanol–water partition coefficient (Wildman–Crippen LogP) is 7.35. The van der Waals surface area contributed by atoms with Crippen LogP contribution in [0.4, 0.5) is 11.4 Å². The second-order valence-corrected chi connectivity index (χ2v) is 10.5. The molecule has 0 aliphatic carbocycles. The van der Waals surface area contributed by atoms with Crippen LogP contribution in [0.2, 0.25) is 15.1 Å². The number of benzene rings is 3. The number of rotatable bonds is 8. The zero-order valence-corrected chi connectivity index (χ0v) is 23.4. The summed E-state index contributed by atoms with van der Waals surface area (Å²) in [6.07, 6.45) is 2.05. The third-order valence-corrected chi connectivity index (χ3v) is 7.46. The van der Waals surface area contributed by atoms with Gasteiger partial charge < -0.3 is 15.2 Å². The normalized spacial score (nSPS) is 15.2. The van der Waals surface area contributed by atoms with Gasteiger partial charge in [-0.2, -0.15) is 0 Å². The highest BCUT2D eigenvalue weighted by Crippen LogP contribution is 2.48. The number of aliphatic hydroxyl groups excluding tert-OH is 1. The van der Waals surface area contributed by atoms with Crippen LogP contribution in [0, 0.1) is 0 Å². The van der Waals surface area contributed by atoms with E-state index in [-0.39, 0.29) is 17.3 Å². The number of carbonyl (C=O) groups excluding carboxylic acids is 3. The quantitative estimate of drug-likeness (QED) is 0.206. The molecule has 1 aliphatic rings. The minimum absolute atomic E-state index is 0.187. The van der Waals surface area contributed by atoms with Gasteiger partial charge in [-0.3, -0.25) is 14.5 Å². The number of nitrogens with one attached hydrogen (secondary N) is 1. The predicted molar refractivity (Wildman–Crippen MR) is 154 cm³/mol. The minimum Gasteiger partial charge on any atom is -0.502 e. The fourth-order valence-corrected chi connectivity index (χ4v) is 5.40. The first-order valence-corrected chi connectivity index (χ1v) is 13.5. The van der Waals surface area contributed by atoms with Crippen molar-refractivity contribution in [3.05, 3.63) is 110 Å². The van der Waals surface area contributed by atoms with Crippen LogP contribution in [0.3, 0.4) is 0 Å². The maximum atomic E-state index is 13.3. The summed E-state index contributed by atoms with van der Waals surface area (Å²) in [7, 11) is 0. The fraction of sp³-hybridized carbons (Fsp3) is 0.107. The maximum absolute atomic E-state index is 13.3. The molecule has 11 heteroatoms. The Morgan fingerprint density at radius 3 is 2.46 bits per heavy atom. The molecule has 3 aromatic rings. The van der Waals surface area contributed by atoms with Crippen molar-refractivity contribution >= 4 is 75.7 Å². The number of esters is 1.